The van der Waals surface area contributed by atoms with Gasteiger partial charge in [-0.3, -0.25) is 4.79 Å². The van der Waals surface area contributed by atoms with Crippen molar-refractivity contribution in [3.8, 4) is 0 Å². The Morgan fingerprint density at radius 3 is 2.58 bits per heavy atom. The fourth-order valence-electron chi connectivity index (χ4n) is 4.41. The van der Waals surface area contributed by atoms with Gasteiger partial charge in [0.25, 0.3) is 0 Å². The molecule has 0 bridgehead atoms. The number of fused-ring (bicyclic) bond motifs is 1. The molecule has 0 unspecified atom stereocenters. The van der Waals surface area contributed by atoms with E-state index in [-0.39, 0.29) is 0 Å². The van der Waals surface area contributed by atoms with Gasteiger partial charge in [-0.1, -0.05) is 36.7 Å². The number of benzene rings is 1. The summed E-state index contributed by atoms with van der Waals surface area (Å²) < 4.78 is 1.27. The van der Waals surface area contributed by atoms with Gasteiger partial charge in [-0.2, -0.15) is 0 Å². The fraction of sp³-hybridized carbons (Fsp3) is 0.619. The van der Waals surface area contributed by atoms with Crippen molar-refractivity contribution in [3.63, 3.8) is 0 Å². The maximum absolute atomic E-state index is 12.6. The molecule has 0 atom stereocenters. The number of amides is 1. The number of hydrogen-bond donors (Lipinski definition) is 0. The molecule has 2 aromatic rings. The normalized spacial score (nSPS) is 19.3. The van der Waals surface area contributed by atoms with Crippen LogP contribution in [0.5, 0.6) is 0 Å². The molecule has 0 radical (unpaired) electrons. The van der Waals surface area contributed by atoms with Crippen LogP contribution in [0.25, 0.3) is 10.2 Å². The highest BCUT2D eigenvalue weighted by atomic mass is 32.1. The number of aryl methyl sites for hydroxylation is 2. The van der Waals surface area contributed by atoms with Gasteiger partial charge in [0, 0.05) is 32.6 Å². The number of hydrogen-bond acceptors (Lipinski definition) is 4. The van der Waals surface area contributed by atoms with Crippen LogP contribution in [-0.4, -0.2) is 42.0 Å². The number of aromatic nitrogens is 1. The molecular weight excluding hydrogens is 342 g/mol. The Bertz CT molecular complexity index is 786. The van der Waals surface area contributed by atoms with E-state index in [2.05, 4.69) is 35.8 Å². The molecule has 2 fully saturated rings. The SMILES string of the molecule is Cc1cc(C)c2nc(N3CCN(C(=O)CC4CCCCC4)CC3)sc2c1. The summed E-state index contributed by atoms with van der Waals surface area (Å²) in [5, 5.41) is 1.10. The van der Waals surface area contributed by atoms with Crippen LogP contribution in [0.3, 0.4) is 0 Å². The lowest BCUT2D eigenvalue weighted by Gasteiger charge is -2.35. The summed E-state index contributed by atoms with van der Waals surface area (Å²) in [5.74, 6) is 0.997. The number of carbonyl (C=O) groups excluding carboxylic acids is 1. The van der Waals surface area contributed by atoms with E-state index in [1.165, 1.54) is 47.9 Å². The monoisotopic (exact) mass is 371 g/mol. The molecule has 26 heavy (non-hydrogen) atoms. The summed E-state index contributed by atoms with van der Waals surface area (Å²) in [6.07, 6.45) is 7.22. The maximum atomic E-state index is 12.6. The highest BCUT2D eigenvalue weighted by Gasteiger charge is 2.25. The lowest BCUT2D eigenvalue weighted by molar-refractivity contribution is -0.132. The first-order valence-corrected chi connectivity index (χ1v) is 10.8. The van der Waals surface area contributed by atoms with E-state index in [9.17, 15) is 4.79 Å². The molecule has 4 rings (SSSR count). The first-order chi connectivity index (χ1) is 12.6. The number of anilines is 1. The van der Waals surface area contributed by atoms with Gasteiger partial charge >= 0.3 is 0 Å². The van der Waals surface area contributed by atoms with Crippen molar-refractivity contribution in [3.05, 3.63) is 23.3 Å². The van der Waals surface area contributed by atoms with Gasteiger partial charge in [0.15, 0.2) is 5.13 Å². The zero-order chi connectivity index (χ0) is 18.1. The van der Waals surface area contributed by atoms with Crippen LogP contribution in [0.4, 0.5) is 5.13 Å². The Balaban J connectivity index is 1.37. The largest absolute Gasteiger partial charge is 0.345 e. The number of rotatable bonds is 3. The zero-order valence-electron chi connectivity index (χ0n) is 16.0. The van der Waals surface area contributed by atoms with Crippen molar-refractivity contribution in [2.45, 2.75) is 52.4 Å². The molecule has 1 saturated carbocycles. The lowest BCUT2D eigenvalue weighted by atomic mass is 9.86. The van der Waals surface area contributed by atoms with Crippen LogP contribution >= 0.6 is 11.3 Å². The van der Waals surface area contributed by atoms with E-state index in [0.717, 1.165) is 43.2 Å². The van der Waals surface area contributed by atoms with Crippen molar-refractivity contribution in [1.82, 2.24) is 9.88 Å². The predicted molar refractivity (Wildman–Crippen MR) is 109 cm³/mol. The van der Waals surface area contributed by atoms with Crippen LogP contribution in [0.2, 0.25) is 0 Å². The molecule has 2 aliphatic rings. The summed E-state index contributed by atoms with van der Waals surface area (Å²) in [4.78, 5) is 21.9. The van der Waals surface area contributed by atoms with Crippen LogP contribution in [-0.2, 0) is 4.79 Å². The van der Waals surface area contributed by atoms with Crippen LogP contribution in [0.15, 0.2) is 12.1 Å². The average Bonchev–Trinajstić information content (AvgIpc) is 3.07. The number of carbonyl (C=O) groups is 1. The molecule has 0 N–H and O–H groups in total. The highest BCUT2D eigenvalue weighted by Crippen LogP contribution is 2.32. The summed E-state index contributed by atoms with van der Waals surface area (Å²) >= 11 is 1.78. The second-order valence-corrected chi connectivity index (χ2v) is 9.01. The molecular formula is C21H29N3OS. The molecule has 1 aliphatic heterocycles. The molecule has 1 saturated heterocycles. The fourth-order valence-corrected chi connectivity index (χ4v) is 5.60. The Kier molecular flexibility index (Phi) is 5.16. The van der Waals surface area contributed by atoms with E-state index >= 15 is 0 Å². The van der Waals surface area contributed by atoms with Gasteiger partial charge in [-0.15, -0.1) is 0 Å². The standard InChI is InChI=1S/C21H29N3OS/c1-15-12-16(2)20-18(13-15)26-21(22-20)24-10-8-23(9-11-24)19(25)14-17-6-4-3-5-7-17/h12-13,17H,3-11,14H2,1-2H3. The van der Waals surface area contributed by atoms with Crippen LogP contribution < -0.4 is 4.90 Å². The smallest absolute Gasteiger partial charge is 0.222 e. The average molecular weight is 372 g/mol. The topological polar surface area (TPSA) is 36.4 Å². The highest BCUT2D eigenvalue weighted by molar-refractivity contribution is 7.22. The molecule has 1 aromatic carbocycles. The van der Waals surface area contributed by atoms with Gasteiger partial charge in [0.2, 0.25) is 5.91 Å². The maximum Gasteiger partial charge on any atom is 0.222 e. The molecule has 1 amide bonds. The second kappa shape index (κ2) is 7.55. The Morgan fingerprint density at radius 1 is 1.12 bits per heavy atom. The van der Waals surface area contributed by atoms with Crippen molar-refractivity contribution < 1.29 is 4.79 Å². The number of nitrogens with zero attached hydrogens (tertiary/aromatic N) is 3. The van der Waals surface area contributed by atoms with Gasteiger partial charge < -0.3 is 9.80 Å². The minimum absolute atomic E-state index is 0.368. The van der Waals surface area contributed by atoms with Crippen LogP contribution in [0.1, 0.15) is 49.7 Å². The minimum atomic E-state index is 0.368. The van der Waals surface area contributed by atoms with Crippen molar-refractivity contribution >= 4 is 32.6 Å². The minimum Gasteiger partial charge on any atom is -0.345 e. The summed E-state index contributed by atoms with van der Waals surface area (Å²) in [5.41, 5.74) is 3.68. The van der Waals surface area contributed by atoms with E-state index in [4.69, 9.17) is 4.98 Å². The van der Waals surface area contributed by atoms with Crippen molar-refractivity contribution in [1.29, 1.82) is 0 Å². The summed E-state index contributed by atoms with van der Waals surface area (Å²) in [6, 6.07) is 4.43. The second-order valence-electron chi connectivity index (χ2n) is 8.00. The number of thiazole rings is 1. The van der Waals surface area contributed by atoms with E-state index in [0.29, 0.717) is 11.8 Å². The summed E-state index contributed by atoms with van der Waals surface area (Å²) in [6.45, 7) is 7.74. The van der Waals surface area contributed by atoms with Gasteiger partial charge in [0.05, 0.1) is 10.2 Å². The Morgan fingerprint density at radius 2 is 1.85 bits per heavy atom. The third-order valence-electron chi connectivity index (χ3n) is 5.91. The van der Waals surface area contributed by atoms with E-state index < -0.39 is 0 Å². The molecule has 0 spiro atoms. The number of piperazine rings is 1. The van der Waals surface area contributed by atoms with Crippen molar-refractivity contribution in [2.24, 2.45) is 5.92 Å². The lowest BCUT2D eigenvalue weighted by Crippen LogP contribution is -2.49. The molecule has 1 aliphatic carbocycles. The van der Waals surface area contributed by atoms with E-state index in [1.807, 2.05) is 0 Å². The Hall–Kier alpha value is -1.62. The first kappa shape index (κ1) is 17.8. The molecule has 4 nitrogen and oxygen atoms in total. The molecule has 140 valence electrons. The predicted octanol–water partition coefficient (Wildman–Crippen LogP) is 4.53. The third-order valence-corrected chi connectivity index (χ3v) is 6.97. The van der Waals surface area contributed by atoms with Gasteiger partial charge in [-0.05, 0) is 49.8 Å². The zero-order valence-corrected chi connectivity index (χ0v) is 16.8. The van der Waals surface area contributed by atoms with Gasteiger partial charge in [0.1, 0.15) is 0 Å². The Labute approximate surface area is 160 Å². The van der Waals surface area contributed by atoms with Gasteiger partial charge in [-0.25, -0.2) is 4.98 Å². The quantitative estimate of drug-likeness (QED) is 0.795. The molecule has 1 aromatic heterocycles. The van der Waals surface area contributed by atoms with Crippen LogP contribution in [0, 0.1) is 19.8 Å². The van der Waals surface area contributed by atoms with Crippen molar-refractivity contribution in [2.75, 3.05) is 31.1 Å². The summed E-state index contributed by atoms with van der Waals surface area (Å²) in [7, 11) is 0. The first-order valence-electron chi connectivity index (χ1n) is 10.0. The third kappa shape index (κ3) is 3.73. The molecule has 2 heterocycles. The molecule has 5 heteroatoms. The van der Waals surface area contributed by atoms with E-state index in [1.54, 1.807) is 11.3 Å².